The first-order chi connectivity index (χ1) is 11.1. The van der Waals surface area contributed by atoms with E-state index >= 15 is 0 Å². The molecular weight excluding hydrogens is 375 g/mol. The van der Waals surface area contributed by atoms with Gasteiger partial charge in [0.15, 0.2) is 0 Å². The van der Waals surface area contributed by atoms with Gasteiger partial charge in [-0.15, -0.1) is 0 Å². The van der Waals surface area contributed by atoms with E-state index in [0.717, 1.165) is 19.1 Å². The van der Waals surface area contributed by atoms with Crippen molar-refractivity contribution in [2.75, 3.05) is 0 Å². The van der Waals surface area contributed by atoms with Crippen LogP contribution in [0.4, 0.5) is 39.5 Å². The molecule has 0 N–H and O–H groups in total. The van der Waals surface area contributed by atoms with Crippen molar-refractivity contribution in [3.63, 3.8) is 0 Å². The fourth-order valence-corrected chi connectivity index (χ4v) is 1.58. The van der Waals surface area contributed by atoms with Gasteiger partial charge in [-0.1, -0.05) is 12.1 Å². The molecule has 25 heavy (non-hydrogen) atoms. The Morgan fingerprint density at radius 3 is 1.76 bits per heavy atom. The molecule has 0 saturated carbocycles. The summed E-state index contributed by atoms with van der Waals surface area (Å²) in [4.78, 5) is 22.4. The number of esters is 1. The van der Waals surface area contributed by atoms with Gasteiger partial charge < -0.3 is 4.74 Å². The monoisotopic (exact) mass is 382 g/mol. The molecule has 1 rings (SSSR count). The Hall–Kier alpha value is -2.27. The third-order valence-electron chi connectivity index (χ3n) is 2.82. The molecule has 0 heterocycles. The Kier molecular flexibility index (Phi) is 5.17. The molecule has 3 nitrogen and oxygen atoms in total. The summed E-state index contributed by atoms with van der Waals surface area (Å²) in [6, 6.07) is 2.91. The van der Waals surface area contributed by atoms with Gasteiger partial charge in [0.25, 0.3) is 0 Å². The molecule has 0 aliphatic carbocycles. The van der Waals surface area contributed by atoms with Crippen LogP contribution in [0.15, 0.2) is 24.3 Å². The molecule has 0 spiro atoms. The molecule has 1 aromatic carbocycles. The molecule has 0 bridgehead atoms. The topological polar surface area (TPSA) is 43.4 Å². The van der Waals surface area contributed by atoms with Crippen molar-refractivity contribution in [1.29, 1.82) is 0 Å². The van der Waals surface area contributed by atoms with Crippen molar-refractivity contribution in [2.45, 2.75) is 30.9 Å². The quantitative estimate of drug-likeness (QED) is 0.331. The van der Waals surface area contributed by atoms with E-state index in [1.165, 1.54) is 0 Å². The van der Waals surface area contributed by atoms with Crippen LogP contribution in [0.25, 0.3) is 0 Å². The van der Waals surface area contributed by atoms with Crippen molar-refractivity contribution in [3.05, 3.63) is 29.8 Å². The summed E-state index contributed by atoms with van der Waals surface area (Å²) in [5.74, 6) is -26.0. The Morgan fingerprint density at radius 2 is 1.32 bits per heavy atom. The average molecular weight is 382 g/mol. The molecule has 0 atom stereocenters. The van der Waals surface area contributed by atoms with Crippen molar-refractivity contribution in [1.82, 2.24) is 0 Å². The van der Waals surface area contributed by atoms with Crippen LogP contribution < -0.4 is 4.74 Å². The maximum absolute atomic E-state index is 13.6. The fourth-order valence-electron chi connectivity index (χ4n) is 1.58. The molecule has 12 heteroatoms. The van der Waals surface area contributed by atoms with E-state index in [-0.39, 0.29) is 0 Å². The molecule has 1 aromatic rings. The van der Waals surface area contributed by atoms with E-state index in [1.54, 1.807) is 0 Å². The fraction of sp³-hybridized carbons (Fsp3) is 0.385. The lowest BCUT2D eigenvalue weighted by molar-refractivity contribution is -0.386. The highest BCUT2D eigenvalue weighted by Gasteiger charge is 2.83. The van der Waals surface area contributed by atoms with Gasteiger partial charge in [-0.2, -0.15) is 39.5 Å². The summed E-state index contributed by atoms with van der Waals surface area (Å²) in [6.07, 6.45) is -7.05. The first kappa shape index (κ1) is 20.8. The minimum atomic E-state index is -7.20. The van der Waals surface area contributed by atoms with Gasteiger partial charge >= 0.3 is 29.9 Å². The highest BCUT2D eigenvalue weighted by molar-refractivity contribution is 6.04. The number of hydrogen-bond acceptors (Lipinski definition) is 3. The number of carbonyl (C=O) groups excluding carboxylic acids is 2. The van der Waals surface area contributed by atoms with E-state index < -0.39 is 47.0 Å². The summed E-state index contributed by atoms with van der Waals surface area (Å²) in [5, 5.41) is 0. The van der Waals surface area contributed by atoms with E-state index in [0.29, 0.717) is 12.1 Å². The molecule has 0 saturated heterocycles. The summed E-state index contributed by atoms with van der Waals surface area (Å²) in [7, 11) is 0. The lowest BCUT2D eigenvalue weighted by Gasteiger charge is -2.32. The molecule has 0 unspecified atom stereocenters. The summed E-state index contributed by atoms with van der Waals surface area (Å²) >= 11 is 0. The Morgan fingerprint density at radius 1 is 0.840 bits per heavy atom. The van der Waals surface area contributed by atoms with Gasteiger partial charge in [-0.05, 0) is 12.1 Å². The number of carbonyl (C=O) groups is 2. The van der Waals surface area contributed by atoms with Crippen LogP contribution in [0.1, 0.15) is 17.3 Å². The number of ether oxygens (including phenoxy) is 1. The van der Waals surface area contributed by atoms with Crippen LogP contribution in [0.3, 0.4) is 0 Å². The molecule has 0 fully saturated rings. The number of benzene rings is 1. The van der Waals surface area contributed by atoms with E-state index in [4.69, 9.17) is 0 Å². The second-order valence-corrected chi connectivity index (χ2v) is 4.64. The normalized spacial score (nSPS) is 13.5. The maximum atomic E-state index is 13.6. The van der Waals surface area contributed by atoms with Crippen molar-refractivity contribution in [3.8, 4) is 5.75 Å². The Labute approximate surface area is 133 Å². The van der Waals surface area contributed by atoms with Crippen LogP contribution in [-0.2, 0) is 4.79 Å². The third-order valence-corrected chi connectivity index (χ3v) is 2.82. The van der Waals surface area contributed by atoms with Crippen molar-refractivity contribution >= 4 is 11.8 Å². The predicted octanol–water partition coefficient (Wildman–Crippen LogP) is 4.26. The first-order valence-electron chi connectivity index (χ1n) is 6.09. The van der Waals surface area contributed by atoms with Gasteiger partial charge in [-0.25, -0.2) is 0 Å². The van der Waals surface area contributed by atoms with Crippen LogP contribution >= 0.6 is 0 Å². The highest BCUT2D eigenvalue weighted by Crippen LogP contribution is 2.54. The molecule has 0 aromatic heterocycles. The van der Waals surface area contributed by atoms with E-state index in [2.05, 4.69) is 4.74 Å². The zero-order valence-corrected chi connectivity index (χ0v) is 11.9. The van der Waals surface area contributed by atoms with Gasteiger partial charge in [0.2, 0.25) is 5.78 Å². The maximum Gasteiger partial charge on any atom is 0.460 e. The zero-order chi connectivity index (χ0) is 19.8. The zero-order valence-electron chi connectivity index (χ0n) is 11.9. The molecule has 0 aliphatic rings. The predicted molar refractivity (Wildman–Crippen MR) is 63.0 cm³/mol. The Bertz CT molecular complexity index is 680. The number of halogens is 9. The van der Waals surface area contributed by atoms with Gasteiger partial charge in [-0.3, -0.25) is 9.59 Å². The number of hydrogen-bond donors (Lipinski definition) is 0. The van der Waals surface area contributed by atoms with E-state index in [9.17, 15) is 49.1 Å². The molecule has 0 radical (unpaired) electrons. The van der Waals surface area contributed by atoms with Crippen molar-refractivity contribution < 1.29 is 53.8 Å². The number of Topliss-reactive ketones (excluding diaryl/α,β-unsaturated/α-hetero) is 1. The first-order valence-corrected chi connectivity index (χ1v) is 6.09. The number of ketones is 1. The van der Waals surface area contributed by atoms with Gasteiger partial charge in [0, 0.05) is 6.92 Å². The van der Waals surface area contributed by atoms with E-state index in [1.807, 2.05) is 0 Å². The standard InChI is InChI=1S/C13H7F9O3/c1-6(23)25-8-5-3-2-4-7(8)9(24)10(14,15)11(16,17)12(18,19)13(20,21)22/h2-5H,1H3. The smallest absolute Gasteiger partial charge is 0.426 e. The Balaban J connectivity index is 3.44. The lowest BCUT2D eigenvalue weighted by atomic mass is 9.95. The molecule has 0 aliphatic heterocycles. The lowest BCUT2D eigenvalue weighted by Crippen LogP contribution is -2.63. The van der Waals surface area contributed by atoms with Crippen molar-refractivity contribution in [2.24, 2.45) is 0 Å². The molecule has 0 amide bonds. The summed E-state index contributed by atoms with van der Waals surface area (Å²) in [6.45, 7) is 0.742. The highest BCUT2D eigenvalue weighted by atomic mass is 19.4. The van der Waals surface area contributed by atoms with Gasteiger partial charge in [0.05, 0.1) is 5.56 Å². The second kappa shape index (κ2) is 6.23. The number of para-hydroxylation sites is 1. The summed E-state index contributed by atoms with van der Waals surface area (Å²) < 4.78 is 120. The van der Waals surface area contributed by atoms with Gasteiger partial charge in [0.1, 0.15) is 5.75 Å². The van der Waals surface area contributed by atoms with Crippen LogP contribution in [0, 0.1) is 0 Å². The second-order valence-electron chi connectivity index (χ2n) is 4.64. The average Bonchev–Trinajstić information content (AvgIpc) is 2.44. The summed E-state index contributed by atoms with van der Waals surface area (Å²) in [5.41, 5.74) is -1.47. The number of alkyl halides is 9. The SMILES string of the molecule is CC(=O)Oc1ccccc1C(=O)C(F)(F)C(F)(F)C(F)(F)C(F)(F)F. The van der Waals surface area contributed by atoms with Crippen LogP contribution in [-0.4, -0.2) is 35.7 Å². The minimum Gasteiger partial charge on any atom is -0.426 e. The number of rotatable bonds is 5. The van der Waals surface area contributed by atoms with Crippen LogP contribution in [0.5, 0.6) is 5.75 Å². The molecule has 140 valence electrons. The minimum absolute atomic E-state index is 0.399. The largest absolute Gasteiger partial charge is 0.460 e. The molecular formula is C13H7F9O3. The van der Waals surface area contributed by atoms with Crippen LogP contribution in [0.2, 0.25) is 0 Å². The third kappa shape index (κ3) is 3.42.